The largest absolute Gasteiger partial charge is 0.379 e. The number of carbonyl (C=O) groups excluding carboxylic acids is 1. The van der Waals surface area contributed by atoms with Gasteiger partial charge in [-0.15, -0.1) is 0 Å². The fourth-order valence-electron chi connectivity index (χ4n) is 3.85. The zero-order valence-electron chi connectivity index (χ0n) is 17.5. The molecule has 2 aromatic rings. The number of nitrogens with one attached hydrogen (secondary N) is 1. The van der Waals surface area contributed by atoms with Crippen LogP contribution in [0.4, 0.5) is 16.3 Å². The van der Waals surface area contributed by atoms with Gasteiger partial charge in [-0.3, -0.25) is 15.1 Å². The molecule has 1 aromatic carbocycles. The first kappa shape index (κ1) is 22.8. The standard InChI is InChI=1S/C22H28Cl2N4O2/c1-14(2)18-6-4-5-7-20(18)28(17-8-10-27(11-9-17)15(3)29)22(30)26-21-19(24)12-16(23)13-25-21/h4-7,12-15,17,29H,8-11H2,1-3H3,(H,25,26,30). The number of urea groups is 1. The van der Waals surface area contributed by atoms with Gasteiger partial charge in [-0.25, -0.2) is 9.78 Å². The van der Waals surface area contributed by atoms with E-state index in [-0.39, 0.29) is 28.8 Å². The van der Waals surface area contributed by atoms with E-state index >= 15 is 0 Å². The Balaban J connectivity index is 1.93. The first-order valence-corrected chi connectivity index (χ1v) is 11.0. The average Bonchev–Trinajstić information content (AvgIpc) is 2.71. The first-order valence-electron chi connectivity index (χ1n) is 10.2. The Bertz CT molecular complexity index is 883. The summed E-state index contributed by atoms with van der Waals surface area (Å²) in [7, 11) is 0. The monoisotopic (exact) mass is 450 g/mol. The molecule has 1 saturated heterocycles. The summed E-state index contributed by atoms with van der Waals surface area (Å²) in [5.41, 5.74) is 1.98. The molecule has 0 bridgehead atoms. The van der Waals surface area contributed by atoms with Gasteiger partial charge in [-0.2, -0.15) is 0 Å². The molecule has 1 aromatic heterocycles. The highest BCUT2D eigenvalue weighted by atomic mass is 35.5. The Morgan fingerprint density at radius 2 is 1.90 bits per heavy atom. The highest BCUT2D eigenvalue weighted by Gasteiger charge is 2.32. The van der Waals surface area contributed by atoms with E-state index in [0.717, 1.165) is 37.2 Å². The summed E-state index contributed by atoms with van der Waals surface area (Å²) >= 11 is 12.2. The Labute approximate surface area is 187 Å². The number of pyridine rings is 1. The molecule has 2 heterocycles. The number of hydrogen-bond donors (Lipinski definition) is 2. The fraction of sp³-hybridized carbons (Fsp3) is 0.455. The lowest BCUT2D eigenvalue weighted by Gasteiger charge is -2.40. The Hall–Kier alpha value is -1.86. The van der Waals surface area contributed by atoms with Crippen molar-refractivity contribution in [3.05, 3.63) is 52.1 Å². The number of carbonyl (C=O) groups is 1. The Kier molecular flexibility index (Phi) is 7.58. The summed E-state index contributed by atoms with van der Waals surface area (Å²) in [6.07, 6.45) is 2.48. The molecule has 0 saturated carbocycles. The lowest BCUT2D eigenvalue weighted by Crippen LogP contribution is -2.51. The molecule has 6 nitrogen and oxygen atoms in total. The van der Waals surface area contributed by atoms with Gasteiger partial charge in [-0.05, 0) is 43.4 Å². The van der Waals surface area contributed by atoms with Crippen LogP contribution in [0.3, 0.4) is 0 Å². The van der Waals surface area contributed by atoms with Gasteiger partial charge in [0.1, 0.15) is 6.23 Å². The van der Waals surface area contributed by atoms with E-state index in [1.165, 1.54) is 6.20 Å². The van der Waals surface area contributed by atoms with Crippen molar-refractivity contribution < 1.29 is 9.90 Å². The second-order valence-corrected chi connectivity index (χ2v) is 8.74. The predicted molar refractivity (Wildman–Crippen MR) is 123 cm³/mol. The molecule has 1 fully saturated rings. The number of aromatic nitrogens is 1. The van der Waals surface area contributed by atoms with Gasteiger partial charge in [0.15, 0.2) is 5.82 Å². The number of nitrogens with zero attached hydrogens (tertiary/aromatic N) is 3. The van der Waals surface area contributed by atoms with Crippen molar-refractivity contribution in [3.8, 4) is 0 Å². The predicted octanol–water partition coefficient (Wildman–Crippen LogP) is 5.35. The number of anilines is 2. The van der Waals surface area contributed by atoms with Crippen molar-refractivity contribution in [3.63, 3.8) is 0 Å². The van der Waals surface area contributed by atoms with Crippen molar-refractivity contribution in [1.29, 1.82) is 0 Å². The van der Waals surface area contributed by atoms with Crippen molar-refractivity contribution in [2.75, 3.05) is 23.3 Å². The van der Waals surface area contributed by atoms with E-state index in [2.05, 4.69) is 30.2 Å². The first-order chi connectivity index (χ1) is 14.3. The van der Waals surface area contributed by atoms with Crippen LogP contribution in [-0.2, 0) is 0 Å². The number of hydrogen-bond acceptors (Lipinski definition) is 4. The summed E-state index contributed by atoms with van der Waals surface area (Å²) in [6, 6.07) is 9.23. The lowest BCUT2D eigenvalue weighted by atomic mass is 9.97. The number of halogens is 2. The van der Waals surface area contributed by atoms with Gasteiger partial charge in [0.2, 0.25) is 0 Å². The van der Waals surface area contributed by atoms with Gasteiger partial charge < -0.3 is 5.11 Å². The molecule has 3 rings (SSSR count). The van der Waals surface area contributed by atoms with Gasteiger partial charge in [0, 0.05) is 31.0 Å². The number of benzene rings is 1. The summed E-state index contributed by atoms with van der Waals surface area (Å²) in [4.78, 5) is 21.5. The van der Waals surface area contributed by atoms with Crippen LogP contribution in [0, 0.1) is 0 Å². The summed E-state index contributed by atoms with van der Waals surface area (Å²) in [5.74, 6) is 0.533. The summed E-state index contributed by atoms with van der Waals surface area (Å²) in [5, 5.41) is 13.4. The molecule has 0 radical (unpaired) electrons. The minimum atomic E-state index is -0.492. The quantitative estimate of drug-likeness (QED) is 0.643. The Morgan fingerprint density at radius 3 is 2.50 bits per heavy atom. The van der Waals surface area contributed by atoms with Crippen LogP contribution in [0.25, 0.3) is 0 Å². The third-order valence-electron chi connectivity index (χ3n) is 5.46. The third kappa shape index (κ3) is 5.24. The van der Waals surface area contributed by atoms with Gasteiger partial charge in [0.05, 0.1) is 10.0 Å². The number of aliphatic hydroxyl groups excluding tert-OH is 1. The topological polar surface area (TPSA) is 68.7 Å². The van der Waals surface area contributed by atoms with Crippen LogP contribution >= 0.6 is 23.2 Å². The van der Waals surface area contributed by atoms with Crippen molar-refractivity contribution in [2.45, 2.75) is 51.8 Å². The lowest BCUT2D eigenvalue weighted by molar-refractivity contribution is 0.00356. The van der Waals surface area contributed by atoms with Gasteiger partial charge in [-0.1, -0.05) is 55.2 Å². The van der Waals surface area contributed by atoms with Crippen LogP contribution in [0.2, 0.25) is 10.0 Å². The molecular formula is C22H28Cl2N4O2. The van der Waals surface area contributed by atoms with Crippen molar-refractivity contribution in [2.24, 2.45) is 0 Å². The fourth-order valence-corrected chi connectivity index (χ4v) is 4.28. The van der Waals surface area contributed by atoms with Crippen LogP contribution in [0.15, 0.2) is 36.5 Å². The second-order valence-electron chi connectivity index (χ2n) is 7.90. The van der Waals surface area contributed by atoms with E-state index in [4.69, 9.17) is 23.2 Å². The maximum absolute atomic E-state index is 13.5. The molecule has 0 spiro atoms. The van der Waals surface area contributed by atoms with E-state index < -0.39 is 6.23 Å². The van der Waals surface area contributed by atoms with Gasteiger partial charge >= 0.3 is 6.03 Å². The van der Waals surface area contributed by atoms with Crippen molar-refractivity contribution in [1.82, 2.24) is 9.88 Å². The van der Waals surface area contributed by atoms with Crippen molar-refractivity contribution >= 4 is 40.7 Å². The smallest absolute Gasteiger partial charge is 0.327 e. The molecule has 2 N–H and O–H groups in total. The molecule has 1 aliphatic rings. The molecular weight excluding hydrogens is 423 g/mol. The minimum absolute atomic E-state index is 0.00836. The van der Waals surface area contributed by atoms with Crippen LogP contribution < -0.4 is 10.2 Å². The number of rotatable bonds is 5. The Morgan fingerprint density at radius 1 is 1.23 bits per heavy atom. The van der Waals surface area contributed by atoms with Crippen LogP contribution in [0.1, 0.15) is 45.1 Å². The molecule has 2 amide bonds. The van der Waals surface area contributed by atoms with E-state index in [1.54, 1.807) is 13.0 Å². The maximum atomic E-state index is 13.5. The van der Waals surface area contributed by atoms with E-state index in [1.807, 2.05) is 28.0 Å². The number of piperidine rings is 1. The number of para-hydroxylation sites is 1. The SMILES string of the molecule is CC(C)c1ccccc1N(C(=O)Nc1ncc(Cl)cc1Cl)C1CCN(C(C)O)CC1. The molecule has 30 heavy (non-hydrogen) atoms. The molecule has 1 atom stereocenters. The highest BCUT2D eigenvalue weighted by Crippen LogP contribution is 2.33. The molecule has 8 heteroatoms. The minimum Gasteiger partial charge on any atom is -0.379 e. The molecule has 1 aliphatic heterocycles. The summed E-state index contributed by atoms with van der Waals surface area (Å²) < 4.78 is 0. The zero-order valence-corrected chi connectivity index (χ0v) is 19.0. The zero-order chi connectivity index (χ0) is 21.8. The van der Waals surface area contributed by atoms with Crippen LogP contribution in [0.5, 0.6) is 0 Å². The highest BCUT2D eigenvalue weighted by molar-refractivity contribution is 6.36. The molecule has 162 valence electrons. The number of amides is 2. The van der Waals surface area contributed by atoms with Gasteiger partial charge in [0.25, 0.3) is 0 Å². The van der Waals surface area contributed by atoms with E-state index in [0.29, 0.717) is 5.02 Å². The van der Waals surface area contributed by atoms with Crippen LogP contribution in [-0.4, -0.2) is 46.4 Å². The normalized spacial score (nSPS) is 16.5. The number of aliphatic hydroxyl groups is 1. The molecule has 1 unspecified atom stereocenters. The second kappa shape index (κ2) is 9.96. The average molecular weight is 451 g/mol. The van der Waals surface area contributed by atoms with E-state index in [9.17, 15) is 9.90 Å². The molecule has 0 aliphatic carbocycles. The third-order valence-corrected chi connectivity index (χ3v) is 5.96. The number of likely N-dealkylation sites (tertiary alicyclic amines) is 1. The maximum Gasteiger partial charge on any atom is 0.327 e. The summed E-state index contributed by atoms with van der Waals surface area (Å²) in [6.45, 7) is 7.43.